The van der Waals surface area contributed by atoms with Gasteiger partial charge in [-0.15, -0.1) is 0 Å². The number of hydrogen-bond acceptors (Lipinski definition) is 1. The molecule has 0 unspecified atom stereocenters. The van der Waals surface area contributed by atoms with Gasteiger partial charge in [-0.25, -0.2) is 17.6 Å². The Labute approximate surface area is 113 Å². The lowest BCUT2D eigenvalue weighted by molar-refractivity contribution is 0.354. The molecule has 2 rings (SSSR count). The number of rotatable bonds is 2. The highest BCUT2D eigenvalue weighted by molar-refractivity contribution is 5.39. The minimum Gasteiger partial charge on any atom is -0.503 e. The van der Waals surface area contributed by atoms with Gasteiger partial charge < -0.3 is 5.11 Å². The van der Waals surface area contributed by atoms with Crippen LogP contribution in [0.15, 0.2) is 47.3 Å². The normalized spacial score (nSPS) is 17.6. The molecule has 0 saturated carbocycles. The zero-order chi connectivity index (χ0) is 14.9. The fourth-order valence-corrected chi connectivity index (χ4v) is 1.89. The third kappa shape index (κ3) is 2.76. The first-order chi connectivity index (χ1) is 9.40. The third-order valence-corrected chi connectivity index (χ3v) is 3.09. The van der Waals surface area contributed by atoms with Crippen molar-refractivity contribution >= 4 is 0 Å². The molecule has 1 aromatic carbocycles. The molecule has 0 fully saturated rings. The summed E-state index contributed by atoms with van der Waals surface area (Å²) in [4.78, 5) is 0. The van der Waals surface area contributed by atoms with Crippen molar-refractivity contribution in [3.05, 3.63) is 70.0 Å². The lowest BCUT2D eigenvalue weighted by Crippen LogP contribution is -1.99. The zero-order valence-electron chi connectivity index (χ0n) is 10.7. The molecule has 0 heterocycles. The van der Waals surface area contributed by atoms with Crippen molar-refractivity contribution in [2.24, 2.45) is 0 Å². The first kappa shape index (κ1) is 14.4. The number of aliphatic hydroxyl groups is 1. The Hall–Kier alpha value is -2.04. The van der Waals surface area contributed by atoms with Crippen LogP contribution in [0.4, 0.5) is 17.6 Å². The van der Waals surface area contributed by atoms with Crippen LogP contribution in [-0.2, 0) is 6.42 Å². The van der Waals surface area contributed by atoms with Crippen LogP contribution in [0, 0.1) is 18.6 Å². The fraction of sp³-hybridized carbons (Fsp3) is 0.200. The standard InChI is InChI=1S/C15H12F4O/c1-8-2-4-10(14(19)13(8)18)5-3-9-6-11(16)15(20)12(17)7-9/h2-4,6,20H,5,7H2,1H3/b9-3+. The highest BCUT2D eigenvalue weighted by Gasteiger charge is 2.18. The number of halogens is 4. The van der Waals surface area contributed by atoms with Crippen LogP contribution >= 0.6 is 0 Å². The van der Waals surface area contributed by atoms with Crippen molar-refractivity contribution in [1.29, 1.82) is 0 Å². The summed E-state index contributed by atoms with van der Waals surface area (Å²) in [7, 11) is 0. The summed E-state index contributed by atoms with van der Waals surface area (Å²) in [6.45, 7) is 1.45. The highest BCUT2D eigenvalue weighted by atomic mass is 19.2. The van der Waals surface area contributed by atoms with Gasteiger partial charge in [0.15, 0.2) is 23.2 Å². The SMILES string of the molecule is Cc1ccc(C/C=C2\C=C(F)C(O)=C(F)C2)c(F)c1F. The summed E-state index contributed by atoms with van der Waals surface area (Å²) in [5, 5.41) is 8.98. The van der Waals surface area contributed by atoms with Crippen molar-refractivity contribution in [1.82, 2.24) is 0 Å². The van der Waals surface area contributed by atoms with Gasteiger partial charge in [-0.1, -0.05) is 18.2 Å². The van der Waals surface area contributed by atoms with E-state index in [2.05, 4.69) is 0 Å². The van der Waals surface area contributed by atoms with E-state index in [1.54, 1.807) is 0 Å². The molecule has 1 aliphatic rings. The van der Waals surface area contributed by atoms with Gasteiger partial charge in [0.25, 0.3) is 0 Å². The van der Waals surface area contributed by atoms with Crippen LogP contribution in [0.1, 0.15) is 17.5 Å². The maximum Gasteiger partial charge on any atom is 0.183 e. The van der Waals surface area contributed by atoms with E-state index in [9.17, 15) is 17.6 Å². The van der Waals surface area contributed by atoms with Crippen LogP contribution in [0.5, 0.6) is 0 Å². The van der Waals surface area contributed by atoms with Crippen LogP contribution in [0.3, 0.4) is 0 Å². The molecular formula is C15H12F4O. The Kier molecular flexibility index (Phi) is 3.97. The average molecular weight is 284 g/mol. The Morgan fingerprint density at radius 2 is 1.85 bits per heavy atom. The van der Waals surface area contributed by atoms with Gasteiger partial charge in [-0.2, -0.15) is 0 Å². The Balaban J connectivity index is 2.22. The van der Waals surface area contributed by atoms with Gasteiger partial charge in [0.05, 0.1) is 0 Å². The minimum atomic E-state index is -1.07. The predicted molar refractivity (Wildman–Crippen MR) is 67.5 cm³/mol. The van der Waals surface area contributed by atoms with Crippen LogP contribution in [-0.4, -0.2) is 5.11 Å². The molecule has 0 radical (unpaired) electrons. The van der Waals surface area contributed by atoms with E-state index in [4.69, 9.17) is 5.11 Å². The Bertz CT molecular complexity index is 642. The summed E-state index contributed by atoms with van der Waals surface area (Å²) in [5.41, 5.74) is 0.563. The van der Waals surface area contributed by atoms with E-state index in [0.29, 0.717) is 0 Å². The lowest BCUT2D eigenvalue weighted by atomic mass is 10.0. The smallest absolute Gasteiger partial charge is 0.183 e. The van der Waals surface area contributed by atoms with Gasteiger partial charge in [0.2, 0.25) is 0 Å². The molecule has 0 atom stereocenters. The second-order valence-electron chi connectivity index (χ2n) is 4.58. The number of aliphatic hydroxyl groups excluding tert-OH is 1. The molecule has 0 bridgehead atoms. The van der Waals surface area contributed by atoms with Crippen molar-refractivity contribution in [3.63, 3.8) is 0 Å². The highest BCUT2D eigenvalue weighted by Crippen LogP contribution is 2.29. The van der Waals surface area contributed by atoms with Crippen LogP contribution in [0.2, 0.25) is 0 Å². The van der Waals surface area contributed by atoms with Crippen molar-refractivity contribution < 1.29 is 22.7 Å². The molecule has 0 saturated heterocycles. The number of benzene rings is 1. The molecule has 106 valence electrons. The summed E-state index contributed by atoms with van der Waals surface area (Å²) >= 11 is 0. The molecule has 0 aliphatic heterocycles. The van der Waals surface area contributed by atoms with Crippen molar-refractivity contribution in [3.8, 4) is 0 Å². The van der Waals surface area contributed by atoms with E-state index in [1.807, 2.05) is 0 Å². The van der Waals surface area contributed by atoms with Crippen LogP contribution in [0.25, 0.3) is 0 Å². The number of aryl methyl sites for hydroxylation is 1. The molecule has 0 aromatic heterocycles. The monoisotopic (exact) mass is 284 g/mol. The summed E-state index contributed by atoms with van der Waals surface area (Å²) in [5.74, 6) is -4.94. The lowest BCUT2D eigenvalue weighted by Gasteiger charge is -2.10. The van der Waals surface area contributed by atoms with E-state index in [1.165, 1.54) is 25.1 Å². The van der Waals surface area contributed by atoms with Gasteiger partial charge in [-0.05, 0) is 36.1 Å². The second kappa shape index (κ2) is 5.53. The quantitative estimate of drug-likeness (QED) is 0.778. The molecule has 1 N–H and O–H groups in total. The van der Waals surface area contributed by atoms with Crippen molar-refractivity contribution in [2.45, 2.75) is 19.8 Å². The summed E-state index contributed by atoms with van der Waals surface area (Å²) < 4.78 is 53.3. The van der Waals surface area contributed by atoms with Crippen molar-refractivity contribution in [2.75, 3.05) is 0 Å². The third-order valence-electron chi connectivity index (χ3n) is 3.09. The molecule has 0 amide bonds. The summed E-state index contributed by atoms with van der Waals surface area (Å²) in [6.07, 6.45) is 2.12. The minimum absolute atomic E-state index is 0.0101. The predicted octanol–water partition coefficient (Wildman–Crippen LogP) is 4.74. The van der Waals surface area contributed by atoms with E-state index < -0.39 is 29.0 Å². The van der Waals surface area contributed by atoms with Gasteiger partial charge in [0, 0.05) is 6.42 Å². The molecule has 5 heteroatoms. The van der Waals surface area contributed by atoms with Gasteiger partial charge >= 0.3 is 0 Å². The number of allylic oxidation sites excluding steroid dienone is 5. The van der Waals surface area contributed by atoms with Crippen LogP contribution < -0.4 is 0 Å². The Morgan fingerprint density at radius 1 is 1.15 bits per heavy atom. The maximum absolute atomic E-state index is 13.6. The van der Waals surface area contributed by atoms with E-state index >= 15 is 0 Å². The van der Waals surface area contributed by atoms with E-state index in [0.717, 1.165) is 6.08 Å². The fourth-order valence-electron chi connectivity index (χ4n) is 1.89. The largest absolute Gasteiger partial charge is 0.503 e. The zero-order valence-corrected chi connectivity index (χ0v) is 10.7. The first-order valence-electron chi connectivity index (χ1n) is 5.98. The molecule has 0 spiro atoms. The second-order valence-corrected chi connectivity index (χ2v) is 4.58. The molecule has 1 nitrogen and oxygen atoms in total. The molecule has 1 aromatic rings. The summed E-state index contributed by atoms with van der Waals surface area (Å²) in [6, 6.07) is 2.87. The van der Waals surface area contributed by atoms with E-state index in [-0.39, 0.29) is 29.5 Å². The topological polar surface area (TPSA) is 20.2 Å². The van der Waals surface area contributed by atoms with Gasteiger partial charge in [0.1, 0.15) is 5.83 Å². The maximum atomic E-state index is 13.6. The molecular weight excluding hydrogens is 272 g/mol. The first-order valence-corrected chi connectivity index (χ1v) is 5.98. The molecule has 20 heavy (non-hydrogen) atoms. The average Bonchev–Trinajstić information content (AvgIpc) is 2.41. The Morgan fingerprint density at radius 3 is 2.50 bits per heavy atom. The molecule has 1 aliphatic carbocycles. The van der Waals surface area contributed by atoms with Gasteiger partial charge in [-0.3, -0.25) is 0 Å². The number of hydrogen-bond donors (Lipinski definition) is 1.